The van der Waals surface area contributed by atoms with Crippen LogP contribution in [0.15, 0.2) is 52.1 Å². The van der Waals surface area contributed by atoms with Gasteiger partial charge in [-0.05, 0) is 24.6 Å². The van der Waals surface area contributed by atoms with E-state index >= 15 is 0 Å². The molecule has 0 radical (unpaired) electrons. The summed E-state index contributed by atoms with van der Waals surface area (Å²) in [6.07, 6.45) is -2.23. The van der Waals surface area contributed by atoms with E-state index in [0.29, 0.717) is 23.8 Å². The van der Waals surface area contributed by atoms with Gasteiger partial charge in [0.15, 0.2) is 11.6 Å². The lowest BCUT2D eigenvalue weighted by Gasteiger charge is -2.09. The van der Waals surface area contributed by atoms with E-state index in [1.54, 1.807) is 18.4 Å². The number of benzene rings is 1. The minimum atomic E-state index is -4.28. The highest BCUT2D eigenvalue weighted by Crippen LogP contribution is 2.28. The monoisotopic (exact) mass is 368 g/mol. The van der Waals surface area contributed by atoms with Gasteiger partial charge < -0.3 is 9.15 Å². The summed E-state index contributed by atoms with van der Waals surface area (Å²) in [6.45, 7) is -1.16. The maximum atomic E-state index is 12.0. The fourth-order valence-corrected chi connectivity index (χ4v) is 3.13. The normalized spacial score (nSPS) is 12.0. The van der Waals surface area contributed by atoms with Crippen molar-refractivity contribution in [3.8, 4) is 11.6 Å². The van der Waals surface area contributed by atoms with Gasteiger partial charge in [-0.2, -0.15) is 13.2 Å². The van der Waals surface area contributed by atoms with Gasteiger partial charge in [-0.1, -0.05) is 18.2 Å². The van der Waals surface area contributed by atoms with Crippen LogP contribution in [0.3, 0.4) is 0 Å². The van der Waals surface area contributed by atoms with E-state index in [-0.39, 0.29) is 6.61 Å². The Labute approximate surface area is 146 Å². The maximum absolute atomic E-state index is 12.0. The number of hydrogen-bond acceptors (Lipinski definition) is 5. The first-order valence-corrected chi connectivity index (χ1v) is 8.59. The van der Waals surface area contributed by atoms with E-state index in [4.69, 9.17) is 4.42 Å². The highest BCUT2D eigenvalue weighted by molar-refractivity contribution is 7.99. The van der Waals surface area contributed by atoms with Crippen LogP contribution in [0, 0.1) is 0 Å². The van der Waals surface area contributed by atoms with Gasteiger partial charge in [0.25, 0.3) is 0 Å². The molecule has 0 spiro atoms. The van der Waals surface area contributed by atoms with Crippen molar-refractivity contribution in [2.45, 2.75) is 17.6 Å². The van der Waals surface area contributed by atoms with Gasteiger partial charge in [0.1, 0.15) is 11.6 Å². The van der Waals surface area contributed by atoms with Crippen molar-refractivity contribution in [3.05, 3.63) is 42.7 Å². The summed E-state index contributed by atoms with van der Waals surface area (Å²) in [4.78, 5) is 9.03. The summed E-state index contributed by atoms with van der Waals surface area (Å²) in [6, 6.07) is 11.1. The van der Waals surface area contributed by atoms with E-state index < -0.39 is 12.8 Å². The molecule has 3 rings (SSSR count). The molecule has 0 N–H and O–H groups in total. The number of rotatable bonds is 7. The average Bonchev–Trinajstić information content (AvgIpc) is 3.11. The number of aromatic nitrogens is 2. The molecule has 0 atom stereocenters. The minimum absolute atomic E-state index is 0.0561. The highest BCUT2D eigenvalue weighted by atomic mass is 32.2. The van der Waals surface area contributed by atoms with Gasteiger partial charge in [0.05, 0.1) is 11.8 Å². The molecule has 0 fully saturated rings. The number of thioether (sulfide) groups is 1. The van der Waals surface area contributed by atoms with Gasteiger partial charge in [-0.3, -0.25) is 0 Å². The van der Waals surface area contributed by atoms with E-state index in [0.717, 1.165) is 15.9 Å². The maximum Gasteiger partial charge on any atom is 0.411 e. The number of hydrogen-bond donors (Lipinski definition) is 0. The third kappa shape index (κ3) is 4.96. The molecule has 0 amide bonds. The molecule has 2 heterocycles. The second-order valence-electron chi connectivity index (χ2n) is 5.22. The molecular weight excluding hydrogens is 353 g/mol. The summed E-state index contributed by atoms with van der Waals surface area (Å²) < 4.78 is 46.1. The molecule has 0 saturated heterocycles. The van der Waals surface area contributed by atoms with E-state index in [1.807, 2.05) is 24.3 Å². The van der Waals surface area contributed by atoms with Crippen LogP contribution in [0.25, 0.3) is 22.5 Å². The van der Waals surface area contributed by atoms with Crippen LogP contribution >= 0.6 is 11.8 Å². The zero-order chi connectivity index (χ0) is 17.7. The van der Waals surface area contributed by atoms with Crippen LogP contribution < -0.4 is 0 Å². The number of furan rings is 1. The Bertz CT molecular complexity index is 822. The Hall–Kier alpha value is -2.06. The summed E-state index contributed by atoms with van der Waals surface area (Å²) in [5, 5.41) is 1.67. The third-order valence-corrected chi connectivity index (χ3v) is 4.32. The molecule has 0 bridgehead atoms. The lowest BCUT2D eigenvalue weighted by molar-refractivity contribution is -0.173. The molecule has 3 aromatic rings. The van der Waals surface area contributed by atoms with Crippen LogP contribution in [0.1, 0.15) is 6.42 Å². The van der Waals surface area contributed by atoms with Crippen molar-refractivity contribution in [3.63, 3.8) is 0 Å². The molecule has 8 heteroatoms. The lowest BCUT2D eigenvalue weighted by Crippen LogP contribution is -2.17. The Kier molecular flexibility index (Phi) is 5.60. The molecule has 132 valence electrons. The number of fused-ring (bicyclic) bond motifs is 1. The first-order chi connectivity index (χ1) is 12.0. The number of ether oxygens (including phenoxy) is 1. The molecule has 2 aromatic heterocycles. The van der Waals surface area contributed by atoms with Crippen LogP contribution in [0.5, 0.6) is 0 Å². The summed E-state index contributed by atoms with van der Waals surface area (Å²) >= 11 is 1.47. The Morgan fingerprint density at radius 1 is 1.08 bits per heavy atom. The number of alkyl halides is 3. The first kappa shape index (κ1) is 17.8. The number of para-hydroxylation sites is 1. The third-order valence-electron chi connectivity index (χ3n) is 3.25. The van der Waals surface area contributed by atoms with Gasteiger partial charge >= 0.3 is 6.18 Å². The smallest absolute Gasteiger partial charge is 0.411 e. The van der Waals surface area contributed by atoms with Crippen molar-refractivity contribution >= 4 is 22.7 Å². The highest BCUT2D eigenvalue weighted by Gasteiger charge is 2.27. The number of halogens is 3. The molecule has 4 nitrogen and oxygen atoms in total. The second-order valence-corrected chi connectivity index (χ2v) is 6.30. The summed E-state index contributed by atoms with van der Waals surface area (Å²) in [5.74, 6) is 1.65. The SMILES string of the molecule is FC(F)(F)COCCCSc1nc(-c2ccco2)nc2ccccc12. The van der Waals surface area contributed by atoms with Crippen molar-refractivity contribution < 1.29 is 22.3 Å². The van der Waals surface area contributed by atoms with Crippen molar-refractivity contribution in [2.24, 2.45) is 0 Å². The van der Waals surface area contributed by atoms with Crippen molar-refractivity contribution in [1.82, 2.24) is 9.97 Å². The van der Waals surface area contributed by atoms with Crippen LogP contribution in [0.2, 0.25) is 0 Å². The molecule has 0 saturated carbocycles. The lowest BCUT2D eigenvalue weighted by atomic mass is 10.2. The van der Waals surface area contributed by atoms with E-state index in [2.05, 4.69) is 14.7 Å². The quantitative estimate of drug-likeness (QED) is 0.335. The van der Waals surface area contributed by atoms with Gasteiger partial charge in [-0.15, -0.1) is 11.8 Å². The topological polar surface area (TPSA) is 48.2 Å². The second kappa shape index (κ2) is 7.88. The molecule has 0 aliphatic rings. The van der Waals surface area contributed by atoms with Gasteiger partial charge in [0, 0.05) is 17.7 Å². The molecule has 25 heavy (non-hydrogen) atoms. The fraction of sp³-hybridized carbons (Fsp3) is 0.294. The Morgan fingerprint density at radius 2 is 1.92 bits per heavy atom. The van der Waals surface area contributed by atoms with Crippen LogP contribution in [0.4, 0.5) is 13.2 Å². The fourth-order valence-electron chi connectivity index (χ4n) is 2.19. The molecule has 1 aromatic carbocycles. The predicted molar refractivity (Wildman–Crippen MR) is 89.5 cm³/mol. The zero-order valence-corrected chi connectivity index (χ0v) is 13.9. The van der Waals surface area contributed by atoms with Gasteiger partial charge in [-0.25, -0.2) is 9.97 Å². The molecule has 0 aliphatic carbocycles. The first-order valence-electron chi connectivity index (χ1n) is 7.61. The summed E-state index contributed by atoms with van der Waals surface area (Å²) in [5.41, 5.74) is 0.791. The summed E-state index contributed by atoms with van der Waals surface area (Å²) in [7, 11) is 0. The predicted octanol–water partition coefficient (Wildman–Crippen LogP) is 4.95. The Morgan fingerprint density at radius 3 is 2.68 bits per heavy atom. The minimum Gasteiger partial charge on any atom is -0.461 e. The van der Waals surface area contributed by atoms with Crippen LogP contribution in [-0.4, -0.2) is 35.1 Å². The van der Waals surface area contributed by atoms with Crippen molar-refractivity contribution in [2.75, 3.05) is 19.0 Å². The van der Waals surface area contributed by atoms with Crippen LogP contribution in [-0.2, 0) is 4.74 Å². The number of nitrogens with zero attached hydrogens (tertiary/aromatic N) is 2. The molecular formula is C17H15F3N2O2S. The van der Waals surface area contributed by atoms with Gasteiger partial charge in [0.2, 0.25) is 0 Å². The standard InChI is InChI=1S/C17H15F3N2O2S/c18-17(19,20)11-23-8-4-10-25-16-12-5-1-2-6-13(12)21-15(22-16)14-7-3-9-24-14/h1-3,5-7,9H,4,8,10-11H2. The molecule has 0 aliphatic heterocycles. The van der Waals surface area contributed by atoms with E-state index in [9.17, 15) is 13.2 Å². The largest absolute Gasteiger partial charge is 0.461 e. The Balaban J connectivity index is 1.68. The van der Waals surface area contributed by atoms with E-state index in [1.165, 1.54) is 11.8 Å². The zero-order valence-electron chi connectivity index (χ0n) is 13.1. The molecule has 0 unspecified atom stereocenters. The van der Waals surface area contributed by atoms with Crippen molar-refractivity contribution in [1.29, 1.82) is 0 Å². The average molecular weight is 368 g/mol.